The number of carbonyl (C=O) groups excluding carboxylic acids is 7. The molecule has 0 bridgehead atoms. The highest BCUT2D eigenvalue weighted by molar-refractivity contribution is 5.89. The number of hydrogen-bond donors (Lipinski definition) is 9. The molecule has 0 spiro atoms. The van der Waals surface area contributed by atoms with Gasteiger partial charge in [-0.05, 0) is 50.9 Å². The molecule has 21 nitrogen and oxygen atoms in total. The van der Waals surface area contributed by atoms with Crippen LogP contribution < -0.4 is 31.9 Å². The number of ether oxygens (including phenoxy) is 2. The van der Waals surface area contributed by atoms with E-state index >= 15 is 0 Å². The van der Waals surface area contributed by atoms with Crippen LogP contribution >= 0.6 is 0 Å². The van der Waals surface area contributed by atoms with E-state index in [1.165, 1.54) is 0 Å². The Morgan fingerprint density at radius 2 is 1.31 bits per heavy atom. The molecule has 0 aromatic rings. The second kappa shape index (κ2) is 27.4. The van der Waals surface area contributed by atoms with Gasteiger partial charge in [0.15, 0.2) is 0 Å². The normalized spacial score (nSPS) is 16.1. The van der Waals surface area contributed by atoms with Gasteiger partial charge >= 0.3 is 17.9 Å². The van der Waals surface area contributed by atoms with Gasteiger partial charge in [-0.1, -0.05) is 0 Å². The van der Waals surface area contributed by atoms with Crippen LogP contribution in [-0.2, 0) is 57.4 Å². The minimum atomic E-state index is -1.39. The number of carboxylic acid groups (broad SMARTS) is 3. The van der Waals surface area contributed by atoms with Gasteiger partial charge in [0.2, 0.25) is 35.4 Å². The van der Waals surface area contributed by atoms with E-state index in [0.29, 0.717) is 38.5 Å². The molecule has 1 fully saturated rings. The Kier molecular flexibility index (Phi) is 23.8. The first-order chi connectivity index (χ1) is 25.7. The second-order valence-corrected chi connectivity index (χ2v) is 12.5. The smallest absolute Gasteiger partial charge is 0.326 e. The van der Waals surface area contributed by atoms with Crippen LogP contribution in [0.3, 0.4) is 0 Å². The lowest BCUT2D eigenvalue weighted by Crippen LogP contribution is -2.48. The third kappa shape index (κ3) is 22.7. The third-order valence-electron chi connectivity index (χ3n) is 8.15. The van der Waals surface area contributed by atoms with Crippen molar-refractivity contribution in [2.24, 2.45) is 11.8 Å². The van der Waals surface area contributed by atoms with E-state index in [4.69, 9.17) is 19.7 Å². The van der Waals surface area contributed by atoms with E-state index < -0.39 is 71.9 Å². The highest BCUT2D eigenvalue weighted by Crippen LogP contribution is 2.28. The summed E-state index contributed by atoms with van der Waals surface area (Å²) in [4.78, 5) is 117. The molecule has 1 saturated carbocycles. The van der Waals surface area contributed by atoms with Crippen molar-refractivity contribution in [3.05, 3.63) is 0 Å². The zero-order valence-corrected chi connectivity index (χ0v) is 30.1. The van der Waals surface area contributed by atoms with E-state index in [1.807, 2.05) is 0 Å². The number of carbonyl (C=O) groups is 10. The molecule has 1 aliphatic rings. The van der Waals surface area contributed by atoms with Gasteiger partial charge in [-0.3, -0.25) is 38.4 Å². The molecular weight excluding hydrogens is 720 g/mol. The van der Waals surface area contributed by atoms with Gasteiger partial charge in [-0.15, -0.1) is 0 Å². The highest BCUT2D eigenvalue weighted by Gasteiger charge is 2.30. The third-order valence-corrected chi connectivity index (χ3v) is 8.15. The van der Waals surface area contributed by atoms with Gasteiger partial charge in [0.25, 0.3) is 0 Å². The molecule has 1 rings (SSSR count). The summed E-state index contributed by atoms with van der Waals surface area (Å²) in [5.74, 6) is -7.15. The van der Waals surface area contributed by atoms with E-state index in [-0.39, 0.29) is 96.4 Å². The Labute approximate surface area is 311 Å². The average molecular weight is 773 g/mol. The molecule has 0 aliphatic heterocycles. The molecule has 21 heteroatoms. The van der Waals surface area contributed by atoms with E-state index in [9.17, 15) is 53.1 Å². The summed E-state index contributed by atoms with van der Waals surface area (Å²) in [5.41, 5.74) is 0. The number of carboxylic acids is 3. The fourth-order valence-corrected chi connectivity index (χ4v) is 5.20. The Hall–Kier alpha value is -5.18. The lowest BCUT2D eigenvalue weighted by molar-refractivity contribution is -0.143. The van der Waals surface area contributed by atoms with Crippen molar-refractivity contribution in [1.29, 1.82) is 0 Å². The molecule has 304 valence electrons. The van der Waals surface area contributed by atoms with Gasteiger partial charge in [-0.2, -0.15) is 0 Å². The largest absolute Gasteiger partial charge is 0.481 e. The quantitative estimate of drug-likeness (QED) is 0.0279. The summed E-state index contributed by atoms with van der Waals surface area (Å²) in [6.07, 6.45) is 1.52. The monoisotopic (exact) mass is 772 g/mol. The molecule has 2 atom stereocenters. The summed E-state index contributed by atoms with van der Waals surface area (Å²) in [5, 5.41) is 42.1. The number of aldehydes is 1. The first-order valence-electron chi connectivity index (χ1n) is 17.6. The maximum absolute atomic E-state index is 12.9. The summed E-state index contributed by atoms with van der Waals surface area (Å²) in [6, 6.07) is -2.65. The predicted molar refractivity (Wildman–Crippen MR) is 184 cm³/mol. The van der Waals surface area contributed by atoms with Crippen LogP contribution in [0.1, 0.15) is 70.6 Å². The van der Waals surface area contributed by atoms with Crippen LogP contribution in [-0.4, -0.2) is 140 Å². The molecule has 0 aromatic heterocycles. The Morgan fingerprint density at radius 3 is 1.96 bits per heavy atom. The van der Waals surface area contributed by atoms with E-state index in [0.717, 1.165) is 0 Å². The van der Waals surface area contributed by atoms with Crippen LogP contribution in [0.25, 0.3) is 0 Å². The van der Waals surface area contributed by atoms with Gasteiger partial charge in [0.05, 0.1) is 32.9 Å². The number of amides is 6. The van der Waals surface area contributed by atoms with Crippen LogP contribution in [0.5, 0.6) is 0 Å². The standard InChI is InChI=1S/C33H52N6O15/c40-14-12-34-27(43)19-37-28(44)20-54-17-16-53-15-13-35-32(50)23(9-11-30(47)48)38-26(42)10-8-24(33(51)52)39-31(49)22-6-4-21(5-7-22)18-36-25(41)2-1-3-29(45)46/h14,21-24H,1-13,15-20H2,(H,34,43)(H,35,50)(H,36,41)(H,37,44)(H,38,42)(H,39,49)(H,45,46)(H,47,48)(H,51,52)/t21?,22?,23-,24-/m0/s1. The van der Waals surface area contributed by atoms with Gasteiger partial charge in [0, 0.05) is 44.7 Å². The summed E-state index contributed by atoms with van der Waals surface area (Å²) in [6.45, 7) is -0.412. The van der Waals surface area contributed by atoms with Crippen LogP contribution in [0, 0.1) is 11.8 Å². The lowest BCUT2D eigenvalue weighted by atomic mass is 9.81. The fourth-order valence-electron chi connectivity index (χ4n) is 5.20. The Bertz CT molecular complexity index is 1290. The first kappa shape index (κ1) is 46.8. The molecule has 54 heavy (non-hydrogen) atoms. The van der Waals surface area contributed by atoms with E-state index in [2.05, 4.69) is 31.9 Å². The number of rotatable bonds is 29. The maximum Gasteiger partial charge on any atom is 0.326 e. The molecule has 0 unspecified atom stereocenters. The second-order valence-electron chi connectivity index (χ2n) is 12.5. The molecule has 9 N–H and O–H groups in total. The van der Waals surface area contributed by atoms with Crippen LogP contribution in [0.2, 0.25) is 0 Å². The van der Waals surface area contributed by atoms with Crippen molar-refractivity contribution in [3.63, 3.8) is 0 Å². The van der Waals surface area contributed by atoms with Gasteiger partial charge in [0.1, 0.15) is 25.0 Å². The Balaban J connectivity index is 2.41. The fraction of sp³-hybridized carbons (Fsp3) is 0.697. The summed E-state index contributed by atoms with van der Waals surface area (Å²) >= 11 is 0. The van der Waals surface area contributed by atoms with Crippen molar-refractivity contribution < 1.29 is 72.7 Å². The van der Waals surface area contributed by atoms with E-state index in [1.54, 1.807) is 0 Å². The Morgan fingerprint density at radius 1 is 0.648 bits per heavy atom. The van der Waals surface area contributed by atoms with Crippen LogP contribution in [0.4, 0.5) is 0 Å². The number of aliphatic carboxylic acids is 3. The molecular formula is C33H52N6O15. The molecule has 0 heterocycles. The van der Waals surface area contributed by atoms with Crippen molar-refractivity contribution in [1.82, 2.24) is 31.9 Å². The minimum absolute atomic E-state index is 0.00613. The lowest BCUT2D eigenvalue weighted by Gasteiger charge is -2.28. The van der Waals surface area contributed by atoms with Crippen molar-refractivity contribution >= 4 is 59.6 Å². The average Bonchev–Trinajstić information content (AvgIpc) is 3.13. The molecule has 1 aliphatic carbocycles. The van der Waals surface area contributed by atoms with Crippen molar-refractivity contribution in [2.45, 2.75) is 82.7 Å². The molecule has 0 aromatic carbocycles. The van der Waals surface area contributed by atoms with Crippen molar-refractivity contribution in [3.8, 4) is 0 Å². The predicted octanol–water partition coefficient (Wildman–Crippen LogP) is -2.56. The number of nitrogens with one attached hydrogen (secondary N) is 6. The maximum atomic E-state index is 12.9. The van der Waals surface area contributed by atoms with Crippen molar-refractivity contribution in [2.75, 3.05) is 52.6 Å². The van der Waals surface area contributed by atoms with Crippen LogP contribution in [0.15, 0.2) is 0 Å². The summed E-state index contributed by atoms with van der Waals surface area (Å²) < 4.78 is 10.4. The SMILES string of the molecule is O=CCNC(=O)CNC(=O)COCCOCCNC(=O)[C@H](CCC(=O)O)NC(=O)CC[C@H](NC(=O)C1CCC(CNC(=O)CCCC(=O)O)CC1)C(=O)O. The topological polar surface area (TPSA) is 322 Å². The van der Waals surface area contributed by atoms with Gasteiger partial charge in [-0.25, -0.2) is 4.79 Å². The minimum Gasteiger partial charge on any atom is -0.481 e. The molecule has 0 radical (unpaired) electrons. The molecule has 6 amide bonds. The first-order valence-corrected chi connectivity index (χ1v) is 17.6. The zero-order valence-electron chi connectivity index (χ0n) is 30.1. The van der Waals surface area contributed by atoms with Gasteiger partial charge < -0.3 is 61.5 Å². The summed E-state index contributed by atoms with van der Waals surface area (Å²) in [7, 11) is 0. The molecule has 0 saturated heterocycles. The zero-order chi connectivity index (χ0) is 40.3. The number of hydrogen-bond acceptors (Lipinski definition) is 12. The highest BCUT2D eigenvalue weighted by atomic mass is 16.5.